The van der Waals surface area contributed by atoms with E-state index in [1.807, 2.05) is 36.4 Å². The highest BCUT2D eigenvalue weighted by atomic mass is 79.9. The fourth-order valence-corrected chi connectivity index (χ4v) is 4.32. The molecule has 0 spiro atoms. The Hall–Kier alpha value is 0.320. The molecule has 94 valence electrons. The first-order valence-corrected chi connectivity index (χ1v) is 8.23. The average molecular weight is 500 g/mol. The van der Waals surface area contributed by atoms with Gasteiger partial charge in [-0.2, -0.15) is 0 Å². The zero-order valence-corrected chi connectivity index (χ0v) is 15.3. The summed E-state index contributed by atoms with van der Waals surface area (Å²) >= 11 is 13.7. The second-order valence-corrected chi connectivity index (χ2v) is 7.47. The van der Waals surface area contributed by atoms with Crippen LogP contribution < -0.4 is 0 Å². The summed E-state index contributed by atoms with van der Waals surface area (Å²) in [5.41, 5.74) is 1.67. The lowest BCUT2D eigenvalue weighted by Gasteiger charge is -2.13. The standard InChI is InChI=1S/C13H8Br4O/c14-9-1-7(2-10(15)5-9)13(18)8-3-11(16)6-12(17)4-8/h1-6,13,18H. The molecule has 0 aliphatic carbocycles. The number of halogens is 4. The Morgan fingerprint density at radius 1 is 0.611 bits per heavy atom. The average Bonchev–Trinajstić information content (AvgIpc) is 2.25. The van der Waals surface area contributed by atoms with Gasteiger partial charge in [0.15, 0.2) is 0 Å². The third-order valence-corrected chi connectivity index (χ3v) is 4.23. The quantitative estimate of drug-likeness (QED) is 0.552. The molecule has 0 radical (unpaired) electrons. The molecule has 0 amide bonds. The van der Waals surface area contributed by atoms with Crippen LogP contribution in [0.2, 0.25) is 0 Å². The molecule has 0 saturated carbocycles. The Bertz CT molecular complexity index is 491. The van der Waals surface area contributed by atoms with E-state index in [1.165, 1.54) is 0 Å². The highest BCUT2D eigenvalue weighted by molar-refractivity contribution is 9.11. The van der Waals surface area contributed by atoms with Crippen molar-refractivity contribution in [3.8, 4) is 0 Å². The van der Waals surface area contributed by atoms with E-state index in [9.17, 15) is 5.11 Å². The third kappa shape index (κ3) is 3.67. The van der Waals surface area contributed by atoms with Crippen LogP contribution in [0.1, 0.15) is 17.2 Å². The van der Waals surface area contributed by atoms with Crippen molar-refractivity contribution in [2.75, 3.05) is 0 Å². The highest BCUT2D eigenvalue weighted by Gasteiger charge is 2.13. The van der Waals surface area contributed by atoms with Crippen molar-refractivity contribution >= 4 is 63.7 Å². The summed E-state index contributed by atoms with van der Waals surface area (Å²) < 4.78 is 3.72. The molecule has 2 rings (SSSR count). The molecule has 2 aromatic carbocycles. The van der Waals surface area contributed by atoms with E-state index in [0.717, 1.165) is 29.0 Å². The van der Waals surface area contributed by atoms with Crippen molar-refractivity contribution < 1.29 is 5.11 Å². The van der Waals surface area contributed by atoms with Gasteiger partial charge >= 0.3 is 0 Å². The number of benzene rings is 2. The SMILES string of the molecule is OC(c1cc(Br)cc(Br)c1)c1cc(Br)cc(Br)c1. The van der Waals surface area contributed by atoms with Gasteiger partial charge in [0.1, 0.15) is 6.10 Å². The molecule has 1 nitrogen and oxygen atoms in total. The predicted octanol–water partition coefficient (Wildman–Crippen LogP) is 5.82. The van der Waals surface area contributed by atoms with Gasteiger partial charge in [-0.25, -0.2) is 0 Å². The van der Waals surface area contributed by atoms with Crippen molar-refractivity contribution in [1.82, 2.24) is 0 Å². The monoisotopic (exact) mass is 496 g/mol. The first-order chi connectivity index (χ1) is 8.45. The number of aliphatic hydroxyl groups is 1. The maximum atomic E-state index is 10.4. The van der Waals surface area contributed by atoms with Crippen LogP contribution in [0, 0.1) is 0 Å². The van der Waals surface area contributed by atoms with Crippen LogP contribution >= 0.6 is 63.7 Å². The molecule has 18 heavy (non-hydrogen) atoms. The summed E-state index contributed by atoms with van der Waals surface area (Å²) in [6.07, 6.45) is -0.660. The largest absolute Gasteiger partial charge is 0.384 e. The Kier molecular flexibility index (Phi) is 5.06. The van der Waals surface area contributed by atoms with Gasteiger partial charge in [-0.3, -0.25) is 0 Å². The van der Waals surface area contributed by atoms with Crippen molar-refractivity contribution in [2.24, 2.45) is 0 Å². The van der Waals surface area contributed by atoms with Gasteiger partial charge in [0, 0.05) is 17.9 Å². The number of aliphatic hydroxyl groups excluding tert-OH is 1. The lowest BCUT2D eigenvalue weighted by Crippen LogP contribution is -2.00. The zero-order chi connectivity index (χ0) is 13.3. The molecule has 5 heteroatoms. The number of rotatable bonds is 2. The Morgan fingerprint density at radius 2 is 0.889 bits per heavy atom. The molecule has 0 aliphatic heterocycles. The van der Waals surface area contributed by atoms with Crippen LogP contribution in [0.25, 0.3) is 0 Å². The van der Waals surface area contributed by atoms with Crippen LogP contribution in [0.15, 0.2) is 54.3 Å². The van der Waals surface area contributed by atoms with Gasteiger partial charge in [-0.15, -0.1) is 0 Å². The van der Waals surface area contributed by atoms with Crippen LogP contribution in [-0.2, 0) is 0 Å². The van der Waals surface area contributed by atoms with Crippen molar-refractivity contribution in [1.29, 1.82) is 0 Å². The van der Waals surface area contributed by atoms with Gasteiger partial charge in [-0.1, -0.05) is 63.7 Å². The summed E-state index contributed by atoms with van der Waals surface area (Å²) in [5.74, 6) is 0. The Balaban J connectivity index is 2.43. The molecule has 0 unspecified atom stereocenters. The lowest BCUT2D eigenvalue weighted by molar-refractivity contribution is 0.220. The van der Waals surface area contributed by atoms with Crippen LogP contribution in [0.5, 0.6) is 0 Å². The van der Waals surface area contributed by atoms with Gasteiger partial charge in [0.2, 0.25) is 0 Å². The predicted molar refractivity (Wildman–Crippen MR) is 87.7 cm³/mol. The van der Waals surface area contributed by atoms with Crippen LogP contribution in [0.4, 0.5) is 0 Å². The summed E-state index contributed by atoms with van der Waals surface area (Å²) in [4.78, 5) is 0. The second-order valence-electron chi connectivity index (χ2n) is 3.81. The normalized spacial score (nSPS) is 11.0. The van der Waals surface area contributed by atoms with E-state index in [1.54, 1.807) is 0 Å². The minimum absolute atomic E-state index is 0.660. The molecule has 0 aliphatic rings. The van der Waals surface area contributed by atoms with E-state index in [4.69, 9.17) is 0 Å². The molecule has 1 N–H and O–H groups in total. The van der Waals surface area contributed by atoms with Crippen molar-refractivity contribution in [3.63, 3.8) is 0 Å². The molecule has 0 aromatic heterocycles. The van der Waals surface area contributed by atoms with Gasteiger partial charge in [0.05, 0.1) is 0 Å². The lowest BCUT2D eigenvalue weighted by atomic mass is 10.0. The molecule has 0 bridgehead atoms. The van der Waals surface area contributed by atoms with Crippen molar-refractivity contribution in [3.05, 3.63) is 65.4 Å². The molecule has 2 aromatic rings. The van der Waals surface area contributed by atoms with Crippen molar-refractivity contribution in [2.45, 2.75) is 6.10 Å². The summed E-state index contributed by atoms with van der Waals surface area (Å²) in [5, 5.41) is 10.4. The molecule has 0 heterocycles. The fraction of sp³-hybridized carbons (Fsp3) is 0.0769. The van der Waals surface area contributed by atoms with E-state index < -0.39 is 6.10 Å². The van der Waals surface area contributed by atoms with E-state index >= 15 is 0 Å². The minimum Gasteiger partial charge on any atom is -0.384 e. The van der Waals surface area contributed by atoms with E-state index in [0.29, 0.717) is 0 Å². The maximum absolute atomic E-state index is 10.4. The Labute approximate surface area is 139 Å². The van der Waals surface area contributed by atoms with Gasteiger partial charge < -0.3 is 5.11 Å². The maximum Gasteiger partial charge on any atom is 0.104 e. The second kappa shape index (κ2) is 6.18. The van der Waals surface area contributed by atoms with Gasteiger partial charge in [-0.05, 0) is 47.5 Å². The number of hydrogen-bond acceptors (Lipinski definition) is 1. The first kappa shape index (κ1) is 14.7. The molecule has 0 fully saturated rings. The third-order valence-electron chi connectivity index (χ3n) is 2.40. The number of hydrogen-bond donors (Lipinski definition) is 1. The first-order valence-electron chi connectivity index (χ1n) is 5.06. The Morgan fingerprint density at radius 3 is 1.17 bits per heavy atom. The minimum atomic E-state index is -0.660. The topological polar surface area (TPSA) is 20.2 Å². The van der Waals surface area contributed by atoms with Crippen LogP contribution in [-0.4, -0.2) is 5.11 Å². The van der Waals surface area contributed by atoms with Gasteiger partial charge in [0.25, 0.3) is 0 Å². The summed E-state index contributed by atoms with van der Waals surface area (Å²) in [7, 11) is 0. The molecular formula is C13H8Br4O. The summed E-state index contributed by atoms with van der Waals surface area (Å²) in [6.45, 7) is 0. The molecule has 0 saturated heterocycles. The smallest absolute Gasteiger partial charge is 0.104 e. The molecular weight excluding hydrogens is 492 g/mol. The van der Waals surface area contributed by atoms with E-state index in [2.05, 4.69) is 63.7 Å². The molecule has 0 atom stereocenters. The van der Waals surface area contributed by atoms with Crippen LogP contribution in [0.3, 0.4) is 0 Å². The van der Waals surface area contributed by atoms with E-state index in [-0.39, 0.29) is 0 Å². The fourth-order valence-electron chi connectivity index (χ4n) is 1.66. The summed E-state index contributed by atoms with van der Waals surface area (Å²) in [6, 6.07) is 11.5. The zero-order valence-electron chi connectivity index (χ0n) is 9.00. The highest BCUT2D eigenvalue weighted by Crippen LogP contribution is 2.31.